The standard InChI is InChI=1S/C16H19Cl2NO6S/c1-16(2,3)25-15(22)19-8-10(7-12(19)14(20)21)26(23,24)13-5-4-9(17)6-11(13)18/h4-6,10,12H,7-8H2,1-3H3,(H,20,21)/t10-,12+/m1/s1. The Morgan fingerprint density at radius 3 is 2.38 bits per heavy atom. The molecule has 0 saturated carbocycles. The van der Waals surface area contributed by atoms with Crippen LogP contribution in [-0.2, 0) is 19.4 Å². The molecule has 1 aromatic carbocycles. The van der Waals surface area contributed by atoms with E-state index in [4.69, 9.17) is 27.9 Å². The summed E-state index contributed by atoms with van der Waals surface area (Å²) in [5.74, 6) is -1.30. The van der Waals surface area contributed by atoms with Gasteiger partial charge in [0.1, 0.15) is 11.6 Å². The van der Waals surface area contributed by atoms with Gasteiger partial charge in [-0.15, -0.1) is 0 Å². The number of sulfone groups is 1. The molecule has 1 aliphatic rings. The van der Waals surface area contributed by atoms with E-state index in [1.807, 2.05) is 0 Å². The first-order chi connectivity index (χ1) is 11.8. The maximum absolute atomic E-state index is 12.9. The molecule has 7 nitrogen and oxygen atoms in total. The van der Waals surface area contributed by atoms with Crippen molar-refractivity contribution in [1.29, 1.82) is 0 Å². The number of likely N-dealkylation sites (tertiary alicyclic amines) is 1. The largest absolute Gasteiger partial charge is 0.480 e. The van der Waals surface area contributed by atoms with Crippen LogP contribution in [0.5, 0.6) is 0 Å². The highest BCUT2D eigenvalue weighted by Crippen LogP contribution is 2.33. The van der Waals surface area contributed by atoms with Crippen molar-refractivity contribution in [2.45, 2.75) is 49.0 Å². The lowest BCUT2D eigenvalue weighted by Gasteiger charge is -2.26. The molecule has 1 saturated heterocycles. The van der Waals surface area contributed by atoms with Gasteiger partial charge in [-0.25, -0.2) is 18.0 Å². The quantitative estimate of drug-likeness (QED) is 0.800. The zero-order chi connectivity index (χ0) is 19.9. The van der Waals surface area contributed by atoms with E-state index < -0.39 is 38.8 Å². The number of carbonyl (C=O) groups is 2. The first kappa shape index (κ1) is 20.8. The Morgan fingerprint density at radius 2 is 1.88 bits per heavy atom. The number of hydrogen-bond acceptors (Lipinski definition) is 5. The predicted octanol–water partition coefficient (Wildman–Crippen LogP) is 3.23. The summed E-state index contributed by atoms with van der Waals surface area (Å²) in [5, 5.41) is 8.49. The van der Waals surface area contributed by atoms with Gasteiger partial charge in [0.15, 0.2) is 9.84 Å². The highest BCUT2D eigenvalue weighted by molar-refractivity contribution is 7.92. The topological polar surface area (TPSA) is 101 Å². The van der Waals surface area contributed by atoms with E-state index in [-0.39, 0.29) is 27.9 Å². The second kappa shape index (κ2) is 7.25. The lowest BCUT2D eigenvalue weighted by molar-refractivity contribution is -0.142. The van der Waals surface area contributed by atoms with E-state index >= 15 is 0 Å². The molecule has 1 N–H and O–H groups in total. The van der Waals surface area contributed by atoms with Gasteiger partial charge in [0.25, 0.3) is 0 Å². The summed E-state index contributed by atoms with van der Waals surface area (Å²) in [4.78, 5) is 24.6. The lowest BCUT2D eigenvalue weighted by atomic mass is 10.2. The van der Waals surface area contributed by atoms with Crippen LogP contribution in [0.15, 0.2) is 23.1 Å². The number of hydrogen-bond donors (Lipinski definition) is 1. The zero-order valence-corrected chi connectivity index (χ0v) is 16.7. The minimum atomic E-state index is -3.97. The Kier molecular flexibility index (Phi) is 5.80. The highest BCUT2D eigenvalue weighted by Gasteiger charge is 2.47. The second-order valence-electron chi connectivity index (χ2n) is 6.96. The van der Waals surface area contributed by atoms with E-state index in [1.54, 1.807) is 20.8 Å². The summed E-state index contributed by atoms with van der Waals surface area (Å²) in [6, 6.07) is 2.66. The van der Waals surface area contributed by atoms with Crippen molar-refractivity contribution in [2.24, 2.45) is 0 Å². The molecule has 2 atom stereocenters. The van der Waals surface area contributed by atoms with Gasteiger partial charge >= 0.3 is 12.1 Å². The molecule has 26 heavy (non-hydrogen) atoms. The number of carboxylic acid groups (broad SMARTS) is 1. The van der Waals surface area contributed by atoms with Crippen LogP contribution in [0.25, 0.3) is 0 Å². The first-order valence-electron chi connectivity index (χ1n) is 7.74. The monoisotopic (exact) mass is 423 g/mol. The lowest BCUT2D eigenvalue weighted by Crippen LogP contribution is -2.43. The van der Waals surface area contributed by atoms with Crippen LogP contribution < -0.4 is 0 Å². The molecule has 1 heterocycles. The van der Waals surface area contributed by atoms with Crippen LogP contribution >= 0.6 is 23.2 Å². The summed E-state index contributed by atoms with van der Waals surface area (Å²) < 4.78 is 31.0. The van der Waals surface area contributed by atoms with E-state index in [1.165, 1.54) is 18.2 Å². The average Bonchev–Trinajstić information content (AvgIpc) is 2.91. The van der Waals surface area contributed by atoms with Crippen LogP contribution in [-0.4, -0.2) is 53.9 Å². The van der Waals surface area contributed by atoms with E-state index in [0.29, 0.717) is 0 Å². The van der Waals surface area contributed by atoms with Gasteiger partial charge in [-0.3, -0.25) is 4.90 Å². The maximum atomic E-state index is 12.9. The summed E-state index contributed by atoms with van der Waals surface area (Å²) in [7, 11) is -3.97. The van der Waals surface area contributed by atoms with Crippen molar-refractivity contribution in [3.63, 3.8) is 0 Å². The van der Waals surface area contributed by atoms with E-state index in [2.05, 4.69) is 0 Å². The first-order valence-corrected chi connectivity index (χ1v) is 10.0. The number of ether oxygens (including phenoxy) is 1. The Hall–Kier alpha value is -1.51. The van der Waals surface area contributed by atoms with Crippen LogP contribution in [0.4, 0.5) is 4.79 Å². The van der Waals surface area contributed by atoms with Crippen LogP contribution in [0.2, 0.25) is 10.0 Å². The number of benzene rings is 1. The molecule has 10 heteroatoms. The number of aliphatic carboxylic acids is 1. The summed E-state index contributed by atoms with van der Waals surface area (Å²) in [6.45, 7) is 4.61. The Morgan fingerprint density at radius 1 is 1.27 bits per heavy atom. The van der Waals surface area contributed by atoms with Gasteiger partial charge in [0, 0.05) is 11.6 Å². The molecule has 1 fully saturated rings. The predicted molar refractivity (Wildman–Crippen MR) is 96.4 cm³/mol. The highest BCUT2D eigenvalue weighted by atomic mass is 35.5. The van der Waals surface area contributed by atoms with Crippen molar-refractivity contribution in [1.82, 2.24) is 4.90 Å². The second-order valence-corrected chi connectivity index (χ2v) is 10.0. The van der Waals surface area contributed by atoms with Crippen LogP contribution in [0.3, 0.4) is 0 Å². The minimum absolute atomic E-state index is 0.0555. The maximum Gasteiger partial charge on any atom is 0.411 e. The van der Waals surface area contributed by atoms with E-state index in [0.717, 1.165) is 4.90 Å². The number of carboxylic acids is 1. The van der Waals surface area contributed by atoms with Crippen molar-refractivity contribution in [2.75, 3.05) is 6.54 Å². The van der Waals surface area contributed by atoms with E-state index in [9.17, 15) is 23.1 Å². The number of nitrogens with zero attached hydrogens (tertiary/aromatic N) is 1. The number of carbonyl (C=O) groups excluding carboxylic acids is 1. The molecule has 2 rings (SSSR count). The van der Waals surface area contributed by atoms with Crippen molar-refractivity contribution < 1.29 is 27.9 Å². The third-order valence-electron chi connectivity index (χ3n) is 3.82. The Bertz CT molecular complexity index is 834. The number of amides is 1. The van der Waals surface area contributed by atoms with Crippen molar-refractivity contribution in [3.05, 3.63) is 28.2 Å². The SMILES string of the molecule is CC(C)(C)OC(=O)N1C[C@H](S(=O)(=O)c2ccc(Cl)cc2Cl)C[C@H]1C(=O)O. The molecule has 144 valence electrons. The average molecular weight is 424 g/mol. The van der Waals surface area contributed by atoms with Gasteiger partial charge < -0.3 is 9.84 Å². The van der Waals surface area contributed by atoms with Gasteiger partial charge in [-0.1, -0.05) is 23.2 Å². The van der Waals surface area contributed by atoms with Gasteiger partial charge in [-0.2, -0.15) is 0 Å². The van der Waals surface area contributed by atoms with Crippen LogP contribution in [0.1, 0.15) is 27.2 Å². The Labute approximate surface area is 161 Å². The molecular formula is C16H19Cl2NO6S. The third kappa shape index (κ3) is 4.42. The molecule has 0 aliphatic carbocycles. The van der Waals surface area contributed by atoms with Gasteiger partial charge in [0.2, 0.25) is 0 Å². The Balaban J connectivity index is 2.34. The molecule has 0 bridgehead atoms. The summed E-state index contributed by atoms with van der Waals surface area (Å²) >= 11 is 11.8. The fraction of sp³-hybridized carbons (Fsp3) is 0.500. The zero-order valence-electron chi connectivity index (χ0n) is 14.4. The molecule has 1 aromatic rings. The molecule has 1 aliphatic heterocycles. The fourth-order valence-electron chi connectivity index (χ4n) is 2.66. The number of rotatable bonds is 3. The molecule has 0 spiro atoms. The number of halogens is 2. The molecule has 1 amide bonds. The molecule has 0 unspecified atom stereocenters. The van der Waals surface area contributed by atoms with Crippen molar-refractivity contribution >= 4 is 45.1 Å². The van der Waals surface area contributed by atoms with Gasteiger partial charge in [-0.05, 0) is 45.4 Å². The van der Waals surface area contributed by atoms with Crippen LogP contribution in [0, 0.1) is 0 Å². The fourth-order valence-corrected chi connectivity index (χ4v) is 5.14. The molecule has 0 aromatic heterocycles. The van der Waals surface area contributed by atoms with Gasteiger partial charge in [0.05, 0.1) is 15.2 Å². The molecule has 0 radical (unpaired) electrons. The smallest absolute Gasteiger partial charge is 0.411 e. The van der Waals surface area contributed by atoms with Crippen molar-refractivity contribution in [3.8, 4) is 0 Å². The normalized spacial score (nSPS) is 20.9. The minimum Gasteiger partial charge on any atom is -0.480 e. The molecular weight excluding hydrogens is 405 g/mol. The summed E-state index contributed by atoms with van der Waals surface area (Å²) in [6.07, 6.45) is -1.12. The third-order valence-corrected chi connectivity index (χ3v) is 6.66. The summed E-state index contributed by atoms with van der Waals surface area (Å²) in [5.41, 5.74) is -0.837.